The smallest absolute Gasteiger partial charge is 0.132 e. The van der Waals surface area contributed by atoms with E-state index < -0.39 is 0 Å². The van der Waals surface area contributed by atoms with E-state index in [9.17, 15) is 4.79 Å². The molecule has 14 heavy (non-hydrogen) atoms. The van der Waals surface area contributed by atoms with Gasteiger partial charge in [-0.2, -0.15) is 0 Å². The summed E-state index contributed by atoms with van der Waals surface area (Å²) in [5.74, 6) is 0.412. The quantitative estimate of drug-likeness (QED) is 0.650. The molecule has 0 aliphatic heterocycles. The highest BCUT2D eigenvalue weighted by molar-refractivity contribution is 5.78. The van der Waals surface area contributed by atoms with Crippen LogP contribution in [0.4, 0.5) is 0 Å². The van der Waals surface area contributed by atoms with Crippen molar-refractivity contribution >= 4 is 5.78 Å². The number of carbonyl (C=O) groups excluding carboxylic acids is 1. The van der Waals surface area contributed by atoms with Gasteiger partial charge in [0.2, 0.25) is 0 Å². The summed E-state index contributed by atoms with van der Waals surface area (Å²) in [5, 5.41) is 0. The Morgan fingerprint density at radius 2 is 1.07 bits per heavy atom. The Kier molecular flexibility index (Phi) is 10.5. The highest BCUT2D eigenvalue weighted by Crippen LogP contribution is 2.15. The first-order chi connectivity index (χ1) is 6.81. The lowest BCUT2D eigenvalue weighted by molar-refractivity contribution is -0.119. The van der Waals surface area contributed by atoms with Gasteiger partial charge in [-0.15, -0.1) is 0 Å². The van der Waals surface area contributed by atoms with Crippen LogP contribution in [0.15, 0.2) is 0 Å². The van der Waals surface area contributed by atoms with E-state index in [4.69, 9.17) is 0 Å². The van der Waals surface area contributed by atoms with Crippen LogP contribution in [0.1, 0.15) is 78.1 Å². The van der Waals surface area contributed by atoms with Gasteiger partial charge in [0, 0.05) is 12.8 Å². The summed E-state index contributed by atoms with van der Waals surface area (Å²) in [6.45, 7) is 4.07. The molecule has 0 radical (unpaired) electrons. The second-order valence-electron chi connectivity index (χ2n) is 4.16. The van der Waals surface area contributed by atoms with E-state index in [0.717, 1.165) is 25.7 Å². The molecule has 0 spiro atoms. The van der Waals surface area contributed by atoms with E-state index in [0.29, 0.717) is 5.78 Å². The first-order valence-corrected chi connectivity index (χ1v) is 6.33. The number of Topliss-reactive ketones (excluding diaryl/α,β-unsaturated/α-hetero) is 1. The monoisotopic (exact) mass is 198 g/mol. The highest BCUT2D eigenvalue weighted by atomic mass is 16.1. The van der Waals surface area contributed by atoms with E-state index >= 15 is 0 Å². The third kappa shape index (κ3) is 9.76. The molecule has 1 nitrogen and oxygen atoms in total. The second-order valence-corrected chi connectivity index (χ2v) is 4.16. The minimum atomic E-state index is 0.412. The van der Waals surface area contributed by atoms with Gasteiger partial charge >= 0.3 is 0 Å². The molecule has 1 aliphatic carbocycles. The second kappa shape index (κ2) is 10.7. The summed E-state index contributed by atoms with van der Waals surface area (Å²) >= 11 is 0. The largest absolute Gasteiger partial charge is 0.300 e. The van der Waals surface area contributed by atoms with E-state index in [-0.39, 0.29) is 0 Å². The van der Waals surface area contributed by atoms with Gasteiger partial charge in [0.25, 0.3) is 0 Å². The number of hydrogen-bond donors (Lipinski definition) is 0. The van der Waals surface area contributed by atoms with Gasteiger partial charge in [-0.1, -0.05) is 52.4 Å². The van der Waals surface area contributed by atoms with Crippen molar-refractivity contribution in [3.63, 3.8) is 0 Å². The molecule has 0 N–H and O–H groups in total. The number of carbonyl (C=O) groups is 1. The third-order valence-corrected chi connectivity index (χ3v) is 2.56. The molecule has 0 aromatic heterocycles. The lowest BCUT2D eigenvalue weighted by Crippen LogP contribution is -1.93. The molecule has 0 bridgehead atoms. The van der Waals surface area contributed by atoms with Crippen molar-refractivity contribution in [1.29, 1.82) is 0 Å². The molecule has 0 aromatic rings. The average molecular weight is 198 g/mol. The van der Waals surface area contributed by atoms with Gasteiger partial charge in [0.05, 0.1) is 0 Å². The van der Waals surface area contributed by atoms with Crippen LogP contribution in [0.5, 0.6) is 0 Å². The van der Waals surface area contributed by atoms with Gasteiger partial charge in [0.15, 0.2) is 0 Å². The van der Waals surface area contributed by atoms with Crippen molar-refractivity contribution < 1.29 is 4.79 Å². The summed E-state index contributed by atoms with van der Waals surface area (Å²) in [5.41, 5.74) is 0. The maximum absolute atomic E-state index is 10.6. The maximum atomic E-state index is 10.6. The molecule has 1 heteroatoms. The standard InChI is InChI=1S/C7H14O.C6H12/c1-3-5-7(8)6-4-2;1-2-4-6-5-3-1/h3-6H2,1-2H3;1-6H2. The van der Waals surface area contributed by atoms with E-state index in [1.165, 1.54) is 38.5 Å². The van der Waals surface area contributed by atoms with Gasteiger partial charge < -0.3 is 0 Å². The summed E-state index contributed by atoms with van der Waals surface area (Å²) in [7, 11) is 0. The third-order valence-electron chi connectivity index (χ3n) is 2.56. The molecule has 0 atom stereocenters. The molecule has 84 valence electrons. The fraction of sp³-hybridized carbons (Fsp3) is 0.923. The summed E-state index contributed by atoms with van der Waals surface area (Å²) in [6.07, 6.45) is 12.5. The fourth-order valence-electron chi connectivity index (χ4n) is 1.74. The van der Waals surface area contributed by atoms with Crippen LogP contribution in [-0.4, -0.2) is 5.78 Å². The Labute approximate surface area is 89.3 Å². The molecular weight excluding hydrogens is 172 g/mol. The Morgan fingerprint density at radius 3 is 1.29 bits per heavy atom. The van der Waals surface area contributed by atoms with E-state index in [2.05, 4.69) is 0 Å². The highest BCUT2D eigenvalue weighted by Gasteiger charge is 1.95. The zero-order valence-corrected chi connectivity index (χ0v) is 9.98. The van der Waals surface area contributed by atoms with Crippen LogP contribution in [0.25, 0.3) is 0 Å². The minimum absolute atomic E-state index is 0.412. The fourth-order valence-corrected chi connectivity index (χ4v) is 1.74. The predicted octanol–water partition coefficient (Wildman–Crippen LogP) is 4.50. The van der Waals surface area contributed by atoms with Crippen LogP contribution >= 0.6 is 0 Å². The van der Waals surface area contributed by atoms with Gasteiger partial charge in [-0.3, -0.25) is 4.79 Å². The minimum Gasteiger partial charge on any atom is -0.300 e. The Morgan fingerprint density at radius 1 is 0.786 bits per heavy atom. The first-order valence-electron chi connectivity index (χ1n) is 6.33. The van der Waals surface area contributed by atoms with Gasteiger partial charge in [-0.05, 0) is 12.8 Å². The van der Waals surface area contributed by atoms with Crippen molar-refractivity contribution in [1.82, 2.24) is 0 Å². The van der Waals surface area contributed by atoms with Crippen LogP contribution < -0.4 is 0 Å². The number of rotatable bonds is 4. The lowest BCUT2D eigenvalue weighted by atomic mass is 10.0. The molecule has 1 fully saturated rings. The summed E-state index contributed by atoms with van der Waals surface area (Å²) in [6, 6.07) is 0. The average Bonchev–Trinajstić information content (AvgIpc) is 2.22. The lowest BCUT2D eigenvalue weighted by Gasteiger charge is -2.05. The van der Waals surface area contributed by atoms with Crippen molar-refractivity contribution in [3.8, 4) is 0 Å². The SMILES string of the molecule is C1CCCCC1.CCCC(=O)CCC. The number of ketones is 1. The van der Waals surface area contributed by atoms with Crippen molar-refractivity contribution in [2.75, 3.05) is 0 Å². The van der Waals surface area contributed by atoms with Crippen LogP contribution in [0.3, 0.4) is 0 Å². The molecule has 0 aromatic carbocycles. The topological polar surface area (TPSA) is 17.1 Å². The molecule has 1 rings (SSSR count). The first kappa shape index (κ1) is 13.7. The zero-order chi connectivity index (χ0) is 10.6. The summed E-state index contributed by atoms with van der Waals surface area (Å²) in [4.78, 5) is 10.6. The number of hydrogen-bond acceptors (Lipinski definition) is 1. The van der Waals surface area contributed by atoms with Crippen molar-refractivity contribution in [2.45, 2.75) is 78.1 Å². The molecule has 1 saturated carbocycles. The Hall–Kier alpha value is -0.330. The van der Waals surface area contributed by atoms with Crippen LogP contribution in [-0.2, 0) is 4.79 Å². The van der Waals surface area contributed by atoms with Crippen LogP contribution in [0.2, 0.25) is 0 Å². The maximum Gasteiger partial charge on any atom is 0.132 e. The Balaban J connectivity index is 0.000000249. The molecular formula is C13H26O. The Bertz CT molecular complexity index is 106. The molecule has 0 saturated heterocycles. The molecule has 0 amide bonds. The normalized spacial score (nSPS) is 15.6. The van der Waals surface area contributed by atoms with Crippen molar-refractivity contribution in [2.24, 2.45) is 0 Å². The zero-order valence-electron chi connectivity index (χ0n) is 9.98. The van der Waals surface area contributed by atoms with Gasteiger partial charge in [-0.25, -0.2) is 0 Å². The molecule has 0 heterocycles. The van der Waals surface area contributed by atoms with Crippen LogP contribution in [0, 0.1) is 0 Å². The predicted molar refractivity (Wildman–Crippen MR) is 62.5 cm³/mol. The van der Waals surface area contributed by atoms with E-state index in [1.54, 1.807) is 0 Å². The molecule has 0 unspecified atom stereocenters. The van der Waals surface area contributed by atoms with E-state index in [1.807, 2.05) is 13.8 Å². The summed E-state index contributed by atoms with van der Waals surface area (Å²) < 4.78 is 0. The van der Waals surface area contributed by atoms with Crippen molar-refractivity contribution in [3.05, 3.63) is 0 Å². The van der Waals surface area contributed by atoms with Gasteiger partial charge in [0.1, 0.15) is 5.78 Å². The molecule has 1 aliphatic rings.